The predicted octanol–water partition coefficient (Wildman–Crippen LogP) is 3.47. The van der Waals surface area contributed by atoms with Gasteiger partial charge in [-0.25, -0.2) is 4.98 Å². The number of nitrogens with zero attached hydrogens (tertiary/aromatic N) is 2. The van der Waals surface area contributed by atoms with Crippen LogP contribution in [-0.2, 0) is 13.5 Å². The van der Waals surface area contributed by atoms with E-state index < -0.39 is 0 Å². The monoisotopic (exact) mass is 351 g/mol. The third kappa shape index (κ3) is 4.32. The van der Waals surface area contributed by atoms with Gasteiger partial charge >= 0.3 is 0 Å². The zero-order valence-corrected chi connectivity index (χ0v) is 14.4. The van der Waals surface area contributed by atoms with E-state index in [1.54, 1.807) is 7.11 Å². The summed E-state index contributed by atoms with van der Waals surface area (Å²) in [4.78, 5) is 4.49. The second kappa shape index (κ2) is 7.61. The highest BCUT2D eigenvalue weighted by molar-refractivity contribution is 9.10. The topological polar surface area (TPSA) is 39.1 Å². The van der Waals surface area contributed by atoms with E-state index in [9.17, 15) is 0 Å². The van der Waals surface area contributed by atoms with Gasteiger partial charge in [-0.2, -0.15) is 0 Å². The van der Waals surface area contributed by atoms with Crippen molar-refractivity contribution in [1.29, 1.82) is 0 Å². The third-order valence-corrected chi connectivity index (χ3v) is 4.00. The van der Waals surface area contributed by atoms with Gasteiger partial charge in [0.25, 0.3) is 0 Å². The van der Waals surface area contributed by atoms with Crippen LogP contribution in [0.15, 0.2) is 35.2 Å². The van der Waals surface area contributed by atoms with Crippen molar-refractivity contribution in [2.24, 2.45) is 7.05 Å². The molecule has 0 fully saturated rings. The van der Waals surface area contributed by atoms with E-state index in [0.717, 1.165) is 35.3 Å². The number of ether oxygens (including phenoxy) is 1. The van der Waals surface area contributed by atoms with Crippen LogP contribution >= 0.6 is 15.9 Å². The van der Waals surface area contributed by atoms with Crippen molar-refractivity contribution in [3.8, 4) is 5.75 Å². The maximum atomic E-state index is 5.28. The molecule has 21 heavy (non-hydrogen) atoms. The Morgan fingerprint density at radius 1 is 1.43 bits per heavy atom. The molecule has 2 aromatic rings. The lowest BCUT2D eigenvalue weighted by Gasteiger charge is -2.17. The number of rotatable bonds is 7. The fourth-order valence-corrected chi connectivity index (χ4v) is 2.87. The van der Waals surface area contributed by atoms with E-state index in [0.29, 0.717) is 0 Å². The van der Waals surface area contributed by atoms with Gasteiger partial charge in [0.1, 0.15) is 5.75 Å². The molecule has 0 aliphatic carbocycles. The molecule has 1 heterocycles. The predicted molar refractivity (Wildman–Crippen MR) is 88.6 cm³/mol. The van der Waals surface area contributed by atoms with Crippen molar-refractivity contribution in [1.82, 2.24) is 14.9 Å². The first-order valence-corrected chi connectivity index (χ1v) is 7.97. The average Bonchev–Trinajstić information content (AvgIpc) is 2.90. The molecule has 0 saturated carbocycles. The molecular weight excluding hydrogens is 330 g/mol. The molecule has 1 N–H and O–H groups in total. The SMILES string of the molecule is CCCNC(Cc1ccc(OC)c(Br)c1)c1cn(C)cn1. The summed E-state index contributed by atoms with van der Waals surface area (Å²) in [6.07, 6.45) is 5.93. The highest BCUT2D eigenvalue weighted by Crippen LogP contribution is 2.27. The van der Waals surface area contributed by atoms with Gasteiger partial charge in [-0.05, 0) is 53.0 Å². The quantitative estimate of drug-likeness (QED) is 0.829. The van der Waals surface area contributed by atoms with E-state index in [2.05, 4.69) is 51.5 Å². The number of hydrogen-bond donors (Lipinski definition) is 1. The van der Waals surface area contributed by atoms with Crippen LogP contribution in [-0.4, -0.2) is 23.2 Å². The first kappa shape index (κ1) is 16.0. The summed E-state index contributed by atoms with van der Waals surface area (Å²) < 4.78 is 8.25. The maximum absolute atomic E-state index is 5.28. The van der Waals surface area contributed by atoms with Crippen LogP contribution in [0.1, 0.15) is 30.6 Å². The smallest absolute Gasteiger partial charge is 0.133 e. The minimum absolute atomic E-state index is 0.228. The molecule has 0 saturated heterocycles. The Kier molecular flexibility index (Phi) is 5.82. The van der Waals surface area contributed by atoms with Gasteiger partial charge in [0.05, 0.1) is 29.6 Å². The third-order valence-electron chi connectivity index (χ3n) is 3.38. The van der Waals surface area contributed by atoms with Crippen LogP contribution < -0.4 is 10.1 Å². The first-order chi connectivity index (χ1) is 10.1. The molecule has 4 nitrogen and oxygen atoms in total. The van der Waals surface area contributed by atoms with Crippen molar-refractivity contribution in [2.45, 2.75) is 25.8 Å². The highest BCUT2D eigenvalue weighted by Gasteiger charge is 2.15. The van der Waals surface area contributed by atoms with Crippen LogP contribution in [0, 0.1) is 0 Å². The fourth-order valence-electron chi connectivity index (χ4n) is 2.29. The van der Waals surface area contributed by atoms with Crippen molar-refractivity contribution in [3.05, 3.63) is 46.5 Å². The minimum atomic E-state index is 0.228. The fraction of sp³-hybridized carbons (Fsp3) is 0.438. The van der Waals surface area contributed by atoms with E-state index in [1.807, 2.05) is 24.0 Å². The van der Waals surface area contributed by atoms with Crippen molar-refractivity contribution < 1.29 is 4.74 Å². The van der Waals surface area contributed by atoms with Crippen molar-refractivity contribution >= 4 is 15.9 Å². The molecule has 0 bridgehead atoms. The van der Waals surface area contributed by atoms with E-state index >= 15 is 0 Å². The number of nitrogens with one attached hydrogen (secondary N) is 1. The van der Waals surface area contributed by atoms with E-state index in [-0.39, 0.29) is 6.04 Å². The number of hydrogen-bond acceptors (Lipinski definition) is 3. The molecule has 0 spiro atoms. The summed E-state index contributed by atoms with van der Waals surface area (Å²) in [5.41, 5.74) is 2.33. The molecule has 1 atom stereocenters. The lowest BCUT2D eigenvalue weighted by molar-refractivity contribution is 0.412. The molecule has 1 unspecified atom stereocenters. The molecule has 0 amide bonds. The zero-order valence-electron chi connectivity index (χ0n) is 12.8. The Morgan fingerprint density at radius 2 is 2.24 bits per heavy atom. The summed E-state index contributed by atoms with van der Waals surface area (Å²) in [6.45, 7) is 3.16. The number of aryl methyl sites for hydroxylation is 1. The van der Waals surface area contributed by atoms with Gasteiger partial charge in [-0.15, -0.1) is 0 Å². The molecular formula is C16H22BrN3O. The van der Waals surface area contributed by atoms with Gasteiger partial charge < -0.3 is 14.6 Å². The maximum Gasteiger partial charge on any atom is 0.133 e. The number of methoxy groups -OCH3 is 1. The number of imidazole rings is 1. The van der Waals surface area contributed by atoms with Crippen LogP contribution in [0.3, 0.4) is 0 Å². The first-order valence-electron chi connectivity index (χ1n) is 7.17. The molecule has 0 radical (unpaired) electrons. The summed E-state index contributed by atoms with van der Waals surface area (Å²) in [5.74, 6) is 0.856. The molecule has 5 heteroatoms. The average molecular weight is 352 g/mol. The van der Waals surface area contributed by atoms with Gasteiger partial charge in [0.15, 0.2) is 0 Å². The van der Waals surface area contributed by atoms with Crippen LogP contribution in [0.4, 0.5) is 0 Å². The molecule has 0 aliphatic heterocycles. The lowest BCUT2D eigenvalue weighted by Crippen LogP contribution is -2.24. The Labute approximate surface area is 134 Å². The Hall–Kier alpha value is -1.33. The minimum Gasteiger partial charge on any atom is -0.496 e. The zero-order chi connectivity index (χ0) is 15.2. The second-order valence-electron chi connectivity index (χ2n) is 5.14. The summed E-state index contributed by atoms with van der Waals surface area (Å²) in [6, 6.07) is 6.44. The lowest BCUT2D eigenvalue weighted by atomic mass is 10.0. The van der Waals surface area contributed by atoms with Gasteiger partial charge in [0.2, 0.25) is 0 Å². The number of halogens is 1. The standard InChI is InChI=1S/C16H22BrN3O/c1-4-7-18-14(15-10-20(2)11-19-15)9-12-5-6-16(21-3)13(17)8-12/h5-6,8,10-11,14,18H,4,7,9H2,1-3H3. The van der Waals surface area contributed by atoms with Gasteiger partial charge in [0, 0.05) is 13.2 Å². The highest BCUT2D eigenvalue weighted by atomic mass is 79.9. The molecule has 1 aromatic carbocycles. The summed E-state index contributed by atoms with van der Waals surface area (Å²) in [5, 5.41) is 3.57. The largest absolute Gasteiger partial charge is 0.496 e. The van der Waals surface area contributed by atoms with Crippen LogP contribution in [0.5, 0.6) is 5.75 Å². The molecule has 1 aromatic heterocycles. The number of benzene rings is 1. The molecule has 2 rings (SSSR count). The van der Waals surface area contributed by atoms with E-state index in [4.69, 9.17) is 4.74 Å². The van der Waals surface area contributed by atoms with Crippen LogP contribution in [0.2, 0.25) is 0 Å². The Balaban J connectivity index is 2.16. The van der Waals surface area contributed by atoms with Crippen LogP contribution in [0.25, 0.3) is 0 Å². The Bertz CT molecular complexity index is 583. The van der Waals surface area contributed by atoms with Crippen molar-refractivity contribution in [2.75, 3.05) is 13.7 Å². The normalized spacial score (nSPS) is 12.4. The second-order valence-corrected chi connectivity index (χ2v) is 6.00. The summed E-state index contributed by atoms with van der Waals surface area (Å²) >= 11 is 3.55. The number of aromatic nitrogens is 2. The van der Waals surface area contributed by atoms with Gasteiger partial charge in [-0.3, -0.25) is 0 Å². The summed E-state index contributed by atoms with van der Waals surface area (Å²) in [7, 11) is 3.68. The van der Waals surface area contributed by atoms with Gasteiger partial charge in [-0.1, -0.05) is 13.0 Å². The Morgan fingerprint density at radius 3 is 2.81 bits per heavy atom. The molecule has 114 valence electrons. The van der Waals surface area contributed by atoms with E-state index in [1.165, 1.54) is 5.56 Å². The molecule has 0 aliphatic rings. The van der Waals surface area contributed by atoms with Crippen molar-refractivity contribution in [3.63, 3.8) is 0 Å².